The molecule has 1 atom stereocenters. The Morgan fingerprint density at radius 1 is 0.641 bits per heavy atom. The lowest BCUT2D eigenvalue weighted by atomic mass is 9.91. The van der Waals surface area contributed by atoms with Crippen LogP contribution in [0, 0.1) is 0 Å². The molecule has 39 heavy (non-hydrogen) atoms. The Bertz CT molecular complexity index is 1140. The summed E-state index contributed by atoms with van der Waals surface area (Å²) in [5.41, 5.74) is 1.38. The van der Waals surface area contributed by atoms with Gasteiger partial charge < -0.3 is 32.6 Å². The highest BCUT2D eigenvalue weighted by molar-refractivity contribution is 6.75. The van der Waals surface area contributed by atoms with Gasteiger partial charge >= 0.3 is 0 Å². The van der Waals surface area contributed by atoms with Crippen molar-refractivity contribution < 1.29 is 32.6 Å². The highest BCUT2D eigenvalue weighted by Crippen LogP contribution is 2.51. The zero-order chi connectivity index (χ0) is 30.0. The maximum absolute atomic E-state index is 12.9. The van der Waals surface area contributed by atoms with E-state index in [1.54, 1.807) is 40.6 Å². The van der Waals surface area contributed by atoms with E-state index in [2.05, 4.69) is 67.7 Å². The van der Waals surface area contributed by atoms with Crippen LogP contribution in [0.2, 0.25) is 36.3 Å². The van der Waals surface area contributed by atoms with Crippen LogP contribution in [0.4, 0.5) is 0 Å². The summed E-state index contributed by atoms with van der Waals surface area (Å²) in [6.07, 6.45) is 0.914. The summed E-state index contributed by atoms with van der Waals surface area (Å²) in [5.74, 6) is 2.39. The lowest BCUT2D eigenvalue weighted by Crippen LogP contribution is -2.46. The molecule has 0 aliphatic rings. The first-order valence-corrected chi connectivity index (χ1v) is 19.0. The molecule has 0 bridgehead atoms. The third-order valence-corrected chi connectivity index (χ3v) is 16.8. The highest BCUT2D eigenvalue weighted by Gasteiger charge is 2.44. The first-order chi connectivity index (χ1) is 17.9. The van der Waals surface area contributed by atoms with Crippen molar-refractivity contribution in [1.29, 1.82) is 0 Å². The Morgan fingerprint density at radius 2 is 1.08 bits per heavy atom. The van der Waals surface area contributed by atoms with E-state index in [0.717, 1.165) is 6.29 Å². The number of benzene rings is 2. The molecule has 0 saturated carbocycles. The zero-order valence-electron chi connectivity index (χ0n) is 26.3. The van der Waals surface area contributed by atoms with Crippen molar-refractivity contribution in [2.75, 3.05) is 28.4 Å². The van der Waals surface area contributed by atoms with E-state index in [-0.39, 0.29) is 10.1 Å². The van der Waals surface area contributed by atoms with Crippen molar-refractivity contribution in [2.45, 2.75) is 83.7 Å². The zero-order valence-corrected chi connectivity index (χ0v) is 28.3. The topological polar surface area (TPSA) is 72.5 Å². The number of rotatable bonds is 11. The Morgan fingerprint density at radius 3 is 1.44 bits per heavy atom. The van der Waals surface area contributed by atoms with Gasteiger partial charge in [0, 0.05) is 5.56 Å². The minimum Gasteiger partial charge on any atom is -0.541 e. The summed E-state index contributed by atoms with van der Waals surface area (Å²) in [6.45, 7) is 21.9. The monoisotopic (exact) mass is 576 g/mol. The Hall–Kier alpha value is -2.66. The molecule has 0 aliphatic carbocycles. The van der Waals surface area contributed by atoms with Crippen LogP contribution in [0.3, 0.4) is 0 Å². The average molecular weight is 577 g/mol. The summed E-state index contributed by atoms with van der Waals surface area (Å²) in [4.78, 5) is 12.9. The van der Waals surface area contributed by atoms with Crippen LogP contribution in [0.15, 0.2) is 24.3 Å². The summed E-state index contributed by atoms with van der Waals surface area (Å²) < 4.78 is 36.4. The first-order valence-electron chi connectivity index (χ1n) is 13.2. The van der Waals surface area contributed by atoms with Crippen molar-refractivity contribution in [3.05, 3.63) is 35.4 Å². The molecule has 0 fully saturated rings. The minimum absolute atomic E-state index is 0.0664. The summed E-state index contributed by atoms with van der Waals surface area (Å²) in [6, 6.07) is 7.34. The van der Waals surface area contributed by atoms with E-state index in [4.69, 9.17) is 27.8 Å². The minimum atomic E-state index is -2.38. The quantitative estimate of drug-likeness (QED) is 0.199. The third kappa shape index (κ3) is 6.74. The molecule has 0 spiro atoms. The van der Waals surface area contributed by atoms with Gasteiger partial charge in [0.25, 0.3) is 16.6 Å². The van der Waals surface area contributed by atoms with Crippen LogP contribution in [0.5, 0.6) is 34.5 Å². The van der Waals surface area contributed by atoms with E-state index in [9.17, 15) is 4.79 Å². The van der Waals surface area contributed by atoms with E-state index in [1.807, 2.05) is 12.1 Å². The molecule has 2 rings (SSSR count). The fraction of sp³-hybridized carbons (Fsp3) is 0.567. The molecule has 0 amide bonds. The second-order valence-corrected chi connectivity index (χ2v) is 22.3. The second kappa shape index (κ2) is 11.8. The Kier molecular flexibility index (Phi) is 9.88. The summed E-state index contributed by atoms with van der Waals surface area (Å²) in [5, 5.41) is -0.159. The van der Waals surface area contributed by atoms with E-state index in [1.165, 1.54) is 0 Å². The number of methoxy groups -OCH3 is 4. The number of ether oxygens (including phenoxy) is 4. The van der Waals surface area contributed by atoms with Gasteiger partial charge in [-0.05, 0) is 60.0 Å². The average Bonchev–Trinajstić information content (AvgIpc) is 2.83. The van der Waals surface area contributed by atoms with Crippen LogP contribution in [-0.2, 0) is 4.79 Å². The van der Waals surface area contributed by atoms with Crippen molar-refractivity contribution in [3.63, 3.8) is 0 Å². The smallest absolute Gasteiger partial charge is 0.250 e. The first kappa shape index (κ1) is 32.6. The van der Waals surface area contributed by atoms with Crippen molar-refractivity contribution in [3.8, 4) is 34.5 Å². The Balaban J connectivity index is 2.95. The molecular formula is C30H48O7Si2. The van der Waals surface area contributed by atoms with Gasteiger partial charge in [-0.15, -0.1) is 0 Å². The number of hydrogen-bond donors (Lipinski definition) is 0. The van der Waals surface area contributed by atoms with Gasteiger partial charge in [0.1, 0.15) is 6.29 Å². The predicted octanol–water partition coefficient (Wildman–Crippen LogP) is 7.82. The molecule has 0 radical (unpaired) electrons. The Labute approximate surface area is 237 Å². The molecule has 0 heterocycles. The van der Waals surface area contributed by atoms with Crippen LogP contribution in [0.1, 0.15) is 58.6 Å². The lowest BCUT2D eigenvalue weighted by Gasteiger charge is -2.41. The third-order valence-electron chi connectivity index (χ3n) is 8.17. The second-order valence-electron chi connectivity index (χ2n) is 12.8. The summed E-state index contributed by atoms with van der Waals surface area (Å²) in [7, 11) is 1.59. The molecule has 0 unspecified atom stereocenters. The van der Waals surface area contributed by atoms with Gasteiger partial charge in [-0.2, -0.15) is 0 Å². The standard InChI is InChI=1S/C30H48O7Si2/c1-29(2,3)38(11,12)36-26-21(15-16-23(32-7)28(26)37-39(13,14)30(4,5)6)22(19-31)20-17-24(33-8)27(35-10)25(18-20)34-9/h15-19,22H,1-14H3/t22-/m0/s1. The van der Waals surface area contributed by atoms with E-state index in [0.29, 0.717) is 45.6 Å². The molecule has 9 heteroatoms. The molecule has 2 aromatic carbocycles. The van der Waals surface area contributed by atoms with Crippen molar-refractivity contribution in [1.82, 2.24) is 0 Å². The lowest BCUT2D eigenvalue weighted by molar-refractivity contribution is -0.108. The maximum Gasteiger partial charge on any atom is 0.250 e. The molecule has 0 aliphatic heterocycles. The van der Waals surface area contributed by atoms with Gasteiger partial charge in [-0.3, -0.25) is 0 Å². The number of hydrogen-bond acceptors (Lipinski definition) is 7. The largest absolute Gasteiger partial charge is 0.541 e. The maximum atomic E-state index is 12.9. The molecule has 218 valence electrons. The van der Waals surface area contributed by atoms with Gasteiger partial charge in [-0.25, -0.2) is 0 Å². The molecule has 7 nitrogen and oxygen atoms in total. The number of carbonyl (C=O) groups excluding carboxylic acids is 1. The van der Waals surface area contributed by atoms with E-state index < -0.39 is 22.6 Å². The molecular weight excluding hydrogens is 528 g/mol. The molecule has 0 saturated heterocycles. The molecule has 0 aromatic heterocycles. The predicted molar refractivity (Wildman–Crippen MR) is 163 cm³/mol. The van der Waals surface area contributed by atoms with Crippen LogP contribution >= 0.6 is 0 Å². The normalized spacial score (nSPS) is 13.4. The number of aldehydes is 1. The van der Waals surface area contributed by atoms with Gasteiger partial charge in [0.15, 0.2) is 28.7 Å². The van der Waals surface area contributed by atoms with Gasteiger partial charge in [-0.1, -0.05) is 47.6 Å². The number of carbonyl (C=O) groups is 1. The van der Waals surface area contributed by atoms with Crippen LogP contribution in [0.25, 0.3) is 0 Å². The van der Waals surface area contributed by atoms with Crippen LogP contribution < -0.4 is 27.8 Å². The fourth-order valence-electron chi connectivity index (χ4n) is 3.60. The SMILES string of the molecule is COc1cc([C@H](C=O)c2ccc(OC)c(O[Si](C)(C)C(C)(C)C)c2O[Si](C)(C)C(C)(C)C)cc(OC)c1OC. The molecule has 0 N–H and O–H groups in total. The van der Waals surface area contributed by atoms with Crippen LogP contribution in [-0.4, -0.2) is 51.4 Å². The fourth-order valence-corrected chi connectivity index (χ4v) is 5.63. The highest BCUT2D eigenvalue weighted by atomic mass is 28.4. The summed E-state index contributed by atoms with van der Waals surface area (Å²) >= 11 is 0. The molecule has 2 aromatic rings. The van der Waals surface area contributed by atoms with Crippen molar-refractivity contribution >= 4 is 22.9 Å². The van der Waals surface area contributed by atoms with Crippen molar-refractivity contribution in [2.24, 2.45) is 0 Å². The van der Waals surface area contributed by atoms with Gasteiger partial charge in [0.2, 0.25) is 5.75 Å². The van der Waals surface area contributed by atoms with Gasteiger partial charge in [0.05, 0.1) is 34.4 Å². The van der Waals surface area contributed by atoms with E-state index >= 15 is 0 Å².